The molecule has 1 atom stereocenters. The highest BCUT2D eigenvalue weighted by Crippen LogP contribution is 2.32. The van der Waals surface area contributed by atoms with Crippen molar-refractivity contribution >= 4 is 5.69 Å². The van der Waals surface area contributed by atoms with Crippen LogP contribution in [0.4, 0.5) is 36.4 Å². The number of hydrogen-bond donors (Lipinski definition) is 1. The average molecular weight is 515 g/mol. The number of aryl methyl sites for hydroxylation is 2. The van der Waals surface area contributed by atoms with Gasteiger partial charge in [-0.25, -0.2) is 4.39 Å². The maximum atomic E-state index is 14.4. The van der Waals surface area contributed by atoms with Crippen molar-refractivity contribution in [2.24, 2.45) is 0 Å². The molecule has 1 N–H and O–H groups in total. The Morgan fingerprint density at radius 1 is 0.889 bits per heavy atom. The Labute approximate surface area is 203 Å². The number of hydrogen-bond acceptors (Lipinski definition) is 3. The van der Waals surface area contributed by atoms with Crippen LogP contribution in [0.1, 0.15) is 27.8 Å². The molecule has 3 rings (SSSR count). The molecule has 0 spiro atoms. The van der Waals surface area contributed by atoms with E-state index in [1.807, 2.05) is 32.0 Å². The van der Waals surface area contributed by atoms with Crippen LogP contribution in [0.25, 0.3) is 0 Å². The van der Waals surface area contributed by atoms with Crippen LogP contribution in [0.2, 0.25) is 0 Å². The summed E-state index contributed by atoms with van der Waals surface area (Å²) in [5.41, 5.74) is 1.64. The van der Waals surface area contributed by atoms with Gasteiger partial charge in [-0.2, -0.15) is 26.3 Å². The SMILES string of the molecule is Cc1cc(C)cc(COc2cccc(N(Cc3ccc(C(F)(F)F)cc3F)C[C@@H](O)C(F)(F)F)c2)c1. The maximum Gasteiger partial charge on any atom is 0.416 e. The average Bonchev–Trinajstić information content (AvgIpc) is 2.76. The van der Waals surface area contributed by atoms with Gasteiger partial charge in [-0.15, -0.1) is 0 Å². The summed E-state index contributed by atoms with van der Waals surface area (Å²) in [6.45, 7) is 2.56. The molecule has 0 heterocycles. The van der Waals surface area contributed by atoms with Gasteiger partial charge in [0.1, 0.15) is 18.2 Å². The molecule has 0 fully saturated rings. The molecule has 0 bridgehead atoms. The molecule has 10 heteroatoms. The minimum Gasteiger partial charge on any atom is -0.489 e. The van der Waals surface area contributed by atoms with Crippen LogP contribution in [0.3, 0.4) is 0 Å². The summed E-state index contributed by atoms with van der Waals surface area (Å²) in [5, 5.41) is 9.65. The van der Waals surface area contributed by atoms with Gasteiger partial charge in [0.25, 0.3) is 0 Å². The van der Waals surface area contributed by atoms with Crippen molar-refractivity contribution < 1.29 is 40.6 Å². The highest BCUT2D eigenvalue weighted by atomic mass is 19.4. The summed E-state index contributed by atoms with van der Waals surface area (Å²) < 4.78 is 98.1. The maximum absolute atomic E-state index is 14.4. The third-order valence-electron chi connectivity index (χ3n) is 5.38. The lowest BCUT2D eigenvalue weighted by atomic mass is 10.1. The monoisotopic (exact) mass is 515 g/mol. The Bertz CT molecular complexity index is 1170. The van der Waals surface area contributed by atoms with Crippen molar-refractivity contribution in [3.8, 4) is 5.75 Å². The highest BCUT2D eigenvalue weighted by Gasteiger charge is 2.39. The summed E-state index contributed by atoms with van der Waals surface area (Å²) in [5.74, 6) is -0.912. The van der Waals surface area contributed by atoms with Crippen LogP contribution in [-0.4, -0.2) is 23.9 Å². The minimum atomic E-state index is -4.95. The lowest BCUT2D eigenvalue weighted by Crippen LogP contribution is -2.41. The van der Waals surface area contributed by atoms with E-state index in [0.29, 0.717) is 11.8 Å². The fourth-order valence-corrected chi connectivity index (χ4v) is 3.72. The van der Waals surface area contributed by atoms with E-state index in [-0.39, 0.29) is 23.9 Å². The van der Waals surface area contributed by atoms with Gasteiger partial charge in [0, 0.05) is 23.9 Å². The number of alkyl halides is 6. The molecule has 0 saturated carbocycles. The van der Waals surface area contributed by atoms with E-state index in [9.17, 15) is 35.8 Å². The molecule has 0 radical (unpaired) electrons. The number of nitrogens with zero attached hydrogens (tertiary/aromatic N) is 1. The number of aliphatic hydroxyl groups is 1. The molecule has 3 aromatic rings. The first-order valence-electron chi connectivity index (χ1n) is 10.9. The van der Waals surface area contributed by atoms with Crippen molar-refractivity contribution in [3.05, 3.63) is 94.3 Å². The van der Waals surface area contributed by atoms with Gasteiger partial charge in [0.2, 0.25) is 0 Å². The fraction of sp³-hybridized carbons (Fsp3) is 0.308. The third kappa shape index (κ3) is 7.36. The van der Waals surface area contributed by atoms with Crippen molar-refractivity contribution in [2.75, 3.05) is 11.4 Å². The van der Waals surface area contributed by atoms with Crippen molar-refractivity contribution in [3.63, 3.8) is 0 Å². The summed E-state index contributed by atoms with van der Waals surface area (Å²) in [7, 11) is 0. The Morgan fingerprint density at radius 2 is 1.56 bits per heavy atom. The largest absolute Gasteiger partial charge is 0.489 e. The summed E-state index contributed by atoms with van der Waals surface area (Å²) >= 11 is 0. The molecular weight excluding hydrogens is 491 g/mol. The molecule has 3 aromatic carbocycles. The normalized spacial score (nSPS) is 12.9. The molecule has 0 saturated heterocycles. The number of rotatable bonds is 8. The molecule has 0 aliphatic rings. The van der Waals surface area contributed by atoms with E-state index in [0.717, 1.165) is 27.7 Å². The lowest BCUT2D eigenvalue weighted by Gasteiger charge is -2.29. The zero-order valence-corrected chi connectivity index (χ0v) is 19.4. The van der Waals surface area contributed by atoms with Gasteiger partial charge in [0.05, 0.1) is 12.1 Å². The molecule has 0 aliphatic carbocycles. The van der Waals surface area contributed by atoms with Crippen LogP contribution in [0.5, 0.6) is 5.75 Å². The third-order valence-corrected chi connectivity index (χ3v) is 5.38. The zero-order valence-electron chi connectivity index (χ0n) is 19.4. The first-order valence-corrected chi connectivity index (χ1v) is 10.9. The first-order chi connectivity index (χ1) is 16.7. The van der Waals surface area contributed by atoms with Crippen LogP contribution < -0.4 is 9.64 Å². The van der Waals surface area contributed by atoms with E-state index in [4.69, 9.17) is 4.74 Å². The first kappa shape index (κ1) is 27.3. The molecule has 0 aliphatic heterocycles. The number of anilines is 1. The predicted octanol–water partition coefficient (Wildman–Crippen LogP) is 6.97. The van der Waals surface area contributed by atoms with E-state index in [2.05, 4.69) is 0 Å². The standard InChI is InChI=1S/C26H24F7NO2/c1-16-8-17(2)10-18(9-16)15-36-22-5-3-4-21(12-22)34(14-24(35)26(31,32)33)13-19-6-7-20(11-23(19)27)25(28,29)30/h3-12,24,35H,13-15H2,1-2H3/t24-/m1/s1. The molecule has 0 unspecified atom stereocenters. The second-order valence-corrected chi connectivity index (χ2v) is 8.52. The van der Waals surface area contributed by atoms with E-state index < -0.39 is 42.9 Å². The molecule has 36 heavy (non-hydrogen) atoms. The molecular formula is C26H24F7NO2. The molecule has 3 nitrogen and oxygen atoms in total. The van der Waals surface area contributed by atoms with Gasteiger partial charge in [-0.05, 0) is 43.7 Å². The van der Waals surface area contributed by atoms with Crippen LogP contribution in [0.15, 0.2) is 60.7 Å². The van der Waals surface area contributed by atoms with Crippen molar-refractivity contribution in [2.45, 2.75) is 45.5 Å². The van der Waals surface area contributed by atoms with E-state index in [1.165, 1.54) is 18.2 Å². The summed E-state index contributed by atoms with van der Waals surface area (Å²) in [6.07, 6.45) is -12.5. The molecule has 194 valence electrons. The number of benzene rings is 3. The quantitative estimate of drug-likeness (QED) is 0.329. The molecule has 0 amide bonds. The second-order valence-electron chi connectivity index (χ2n) is 8.52. The van der Waals surface area contributed by atoms with Crippen LogP contribution >= 0.6 is 0 Å². The van der Waals surface area contributed by atoms with Gasteiger partial charge >= 0.3 is 12.4 Å². The summed E-state index contributed by atoms with van der Waals surface area (Å²) in [4.78, 5) is 1.04. The fourth-order valence-electron chi connectivity index (χ4n) is 3.72. The highest BCUT2D eigenvalue weighted by molar-refractivity contribution is 5.51. The van der Waals surface area contributed by atoms with Crippen LogP contribution in [0, 0.1) is 19.7 Å². The Hall–Kier alpha value is -3.27. The van der Waals surface area contributed by atoms with Gasteiger partial charge < -0.3 is 14.7 Å². The van der Waals surface area contributed by atoms with Gasteiger partial charge in [-0.1, -0.05) is 41.5 Å². The second kappa shape index (κ2) is 10.8. The van der Waals surface area contributed by atoms with Crippen LogP contribution in [-0.2, 0) is 19.3 Å². The topological polar surface area (TPSA) is 32.7 Å². The predicted molar refractivity (Wildman–Crippen MR) is 121 cm³/mol. The van der Waals surface area contributed by atoms with Gasteiger partial charge in [-0.3, -0.25) is 0 Å². The van der Waals surface area contributed by atoms with Crippen molar-refractivity contribution in [1.29, 1.82) is 0 Å². The minimum absolute atomic E-state index is 0.163. The van der Waals surface area contributed by atoms with E-state index in [1.54, 1.807) is 6.07 Å². The van der Waals surface area contributed by atoms with Gasteiger partial charge in [0.15, 0.2) is 6.10 Å². The van der Waals surface area contributed by atoms with Crippen molar-refractivity contribution in [1.82, 2.24) is 0 Å². The molecule has 0 aromatic heterocycles. The number of halogens is 7. The van der Waals surface area contributed by atoms with E-state index >= 15 is 0 Å². The Balaban J connectivity index is 1.87. The Kier molecular flexibility index (Phi) is 8.18. The summed E-state index contributed by atoms with van der Waals surface area (Å²) in [6, 6.07) is 13.6. The number of ether oxygens (including phenoxy) is 1. The smallest absolute Gasteiger partial charge is 0.416 e. The Morgan fingerprint density at radius 3 is 2.14 bits per heavy atom. The number of aliphatic hydroxyl groups excluding tert-OH is 1. The lowest BCUT2D eigenvalue weighted by molar-refractivity contribution is -0.200. The zero-order chi connectivity index (χ0) is 26.7.